The van der Waals surface area contributed by atoms with Gasteiger partial charge in [0.15, 0.2) is 0 Å². The summed E-state index contributed by atoms with van der Waals surface area (Å²) >= 11 is 6.77. The molecule has 1 aliphatic heterocycles. The number of rotatable bonds is 1. The second kappa shape index (κ2) is 5.17. The minimum absolute atomic E-state index is 0.302. The number of carbonyl (C=O) groups excluding carboxylic acids is 1. The summed E-state index contributed by atoms with van der Waals surface area (Å²) in [6.07, 6.45) is -0.302. The maximum atomic E-state index is 12.1. The number of hydrogen-bond acceptors (Lipinski definition) is 2. The first kappa shape index (κ1) is 15.2. The molecular formula is C18H20ClNO2. The van der Waals surface area contributed by atoms with Crippen molar-refractivity contribution >= 4 is 28.5 Å². The first-order chi connectivity index (χ1) is 10.3. The number of ether oxygens (including phenoxy) is 1. The molecule has 4 heteroatoms. The van der Waals surface area contributed by atoms with Gasteiger partial charge in [-0.1, -0.05) is 42.5 Å². The summed E-state index contributed by atoms with van der Waals surface area (Å²) in [5, 5.41) is 2.31. The van der Waals surface area contributed by atoms with Crippen molar-refractivity contribution in [3.8, 4) is 0 Å². The molecule has 3 nitrogen and oxygen atoms in total. The normalized spacial score (nSPS) is 17.2. The van der Waals surface area contributed by atoms with Gasteiger partial charge >= 0.3 is 6.09 Å². The molecule has 0 radical (unpaired) electrons. The predicted octanol–water partition coefficient (Wildman–Crippen LogP) is 4.52. The van der Waals surface area contributed by atoms with Gasteiger partial charge in [0.25, 0.3) is 0 Å². The number of halogens is 1. The number of fused-ring (bicyclic) bond motifs is 1. The highest BCUT2D eigenvalue weighted by Gasteiger charge is 2.47. The number of alkyl halides is 1. The van der Waals surface area contributed by atoms with Crippen LogP contribution in [-0.2, 0) is 9.61 Å². The van der Waals surface area contributed by atoms with Crippen molar-refractivity contribution in [2.24, 2.45) is 0 Å². The van der Waals surface area contributed by atoms with Crippen molar-refractivity contribution in [2.75, 3.05) is 13.1 Å². The highest BCUT2D eigenvalue weighted by molar-refractivity contribution is 6.26. The first-order valence-electron chi connectivity index (χ1n) is 7.44. The number of likely N-dealkylation sites (tertiary alicyclic amines) is 1. The average Bonchev–Trinajstić information content (AvgIpc) is 2.41. The Morgan fingerprint density at radius 1 is 1.14 bits per heavy atom. The Hall–Kier alpha value is -1.74. The molecule has 0 unspecified atom stereocenters. The van der Waals surface area contributed by atoms with E-state index in [2.05, 4.69) is 18.2 Å². The van der Waals surface area contributed by atoms with E-state index in [0.717, 1.165) is 16.3 Å². The van der Waals surface area contributed by atoms with E-state index >= 15 is 0 Å². The summed E-state index contributed by atoms with van der Waals surface area (Å²) in [6, 6.07) is 14.3. The van der Waals surface area contributed by atoms with E-state index in [1.54, 1.807) is 4.90 Å². The fourth-order valence-corrected chi connectivity index (χ4v) is 3.25. The quantitative estimate of drug-likeness (QED) is 0.723. The van der Waals surface area contributed by atoms with E-state index in [4.69, 9.17) is 16.3 Å². The Labute approximate surface area is 135 Å². The molecule has 1 saturated heterocycles. The minimum atomic E-state index is -0.530. The number of hydrogen-bond donors (Lipinski definition) is 0. The molecule has 2 aromatic rings. The Morgan fingerprint density at radius 2 is 1.77 bits per heavy atom. The fraction of sp³-hybridized carbons (Fsp3) is 0.389. The molecule has 0 aromatic heterocycles. The molecule has 1 fully saturated rings. The van der Waals surface area contributed by atoms with E-state index in [1.165, 1.54) is 0 Å². The van der Waals surface area contributed by atoms with Crippen molar-refractivity contribution < 1.29 is 9.53 Å². The molecule has 3 rings (SSSR count). The fourth-order valence-electron chi connectivity index (χ4n) is 2.80. The lowest BCUT2D eigenvalue weighted by molar-refractivity contribution is 0.00333. The van der Waals surface area contributed by atoms with Crippen molar-refractivity contribution in [3.05, 3.63) is 48.0 Å². The van der Waals surface area contributed by atoms with E-state index in [-0.39, 0.29) is 6.09 Å². The summed E-state index contributed by atoms with van der Waals surface area (Å²) < 4.78 is 5.39. The van der Waals surface area contributed by atoms with Crippen LogP contribution in [0.4, 0.5) is 4.79 Å². The van der Waals surface area contributed by atoms with Gasteiger partial charge in [-0.2, -0.15) is 0 Å². The van der Waals surface area contributed by atoms with Gasteiger partial charge in [-0.05, 0) is 37.1 Å². The standard InChI is InChI=1S/C18H20ClNO2/c1-17(2,3)22-16(21)20-11-18(19,12-20)15-10-6-8-13-7-4-5-9-14(13)15/h4-10H,11-12H2,1-3H3. The number of benzene rings is 2. The summed E-state index contributed by atoms with van der Waals surface area (Å²) in [6.45, 7) is 6.53. The van der Waals surface area contributed by atoms with Crippen LogP contribution >= 0.6 is 11.6 Å². The molecule has 116 valence electrons. The second-order valence-electron chi connectivity index (χ2n) is 6.83. The summed E-state index contributed by atoms with van der Waals surface area (Å²) in [7, 11) is 0. The smallest absolute Gasteiger partial charge is 0.410 e. The highest BCUT2D eigenvalue weighted by Crippen LogP contribution is 2.42. The van der Waals surface area contributed by atoms with Crippen LogP contribution in [0.5, 0.6) is 0 Å². The van der Waals surface area contributed by atoms with Gasteiger partial charge in [0.05, 0.1) is 0 Å². The molecule has 2 aromatic carbocycles. The largest absolute Gasteiger partial charge is 0.444 e. The number of carbonyl (C=O) groups is 1. The maximum Gasteiger partial charge on any atom is 0.410 e. The summed E-state index contributed by atoms with van der Waals surface area (Å²) in [4.78, 5) is 13.2. The molecule has 1 heterocycles. The second-order valence-corrected chi connectivity index (χ2v) is 7.55. The zero-order chi connectivity index (χ0) is 16.0. The van der Waals surface area contributed by atoms with Gasteiger partial charge in [0, 0.05) is 13.1 Å². The van der Waals surface area contributed by atoms with E-state index in [0.29, 0.717) is 13.1 Å². The molecule has 0 saturated carbocycles. The molecule has 0 bridgehead atoms. The van der Waals surface area contributed by atoms with Crippen molar-refractivity contribution in [2.45, 2.75) is 31.2 Å². The first-order valence-corrected chi connectivity index (χ1v) is 7.81. The molecule has 22 heavy (non-hydrogen) atoms. The van der Waals surface area contributed by atoms with Crippen LogP contribution in [0.2, 0.25) is 0 Å². The predicted molar refractivity (Wildman–Crippen MR) is 89.3 cm³/mol. The highest BCUT2D eigenvalue weighted by atomic mass is 35.5. The van der Waals surface area contributed by atoms with Crippen LogP contribution in [0.25, 0.3) is 10.8 Å². The topological polar surface area (TPSA) is 29.5 Å². The van der Waals surface area contributed by atoms with Gasteiger partial charge in [-0.3, -0.25) is 0 Å². The lowest BCUT2D eigenvalue weighted by Gasteiger charge is -2.46. The van der Waals surface area contributed by atoms with E-state index < -0.39 is 10.5 Å². The SMILES string of the molecule is CC(C)(C)OC(=O)N1CC(Cl)(c2cccc3ccccc23)C1. The third-order valence-corrected chi connectivity index (χ3v) is 4.25. The maximum absolute atomic E-state index is 12.1. The minimum Gasteiger partial charge on any atom is -0.444 e. The van der Waals surface area contributed by atoms with E-state index in [1.807, 2.05) is 45.0 Å². The zero-order valence-corrected chi connectivity index (χ0v) is 13.9. The zero-order valence-electron chi connectivity index (χ0n) is 13.1. The van der Waals surface area contributed by atoms with Crippen molar-refractivity contribution in [1.82, 2.24) is 4.90 Å². The van der Waals surface area contributed by atoms with Gasteiger partial charge in [-0.25, -0.2) is 4.79 Å². The van der Waals surface area contributed by atoms with Crippen molar-refractivity contribution in [3.63, 3.8) is 0 Å². The monoisotopic (exact) mass is 317 g/mol. The average molecular weight is 318 g/mol. The van der Waals surface area contributed by atoms with Crippen LogP contribution in [0.3, 0.4) is 0 Å². The molecule has 1 aliphatic rings. The molecule has 0 atom stereocenters. The third kappa shape index (κ3) is 2.78. The summed E-state index contributed by atoms with van der Waals surface area (Å²) in [5.74, 6) is 0. The Kier molecular flexibility index (Phi) is 3.56. The van der Waals surface area contributed by atoms with Crippen LogP contribution in [-0.4, -0.2) is 29.7 Å². The molecule has 0 N–H and O–H groups in total. The Bertz CT molecular complexity index is 709. The van der Waals surface area contributed by atoms with Crippen LogP contribution in [0.1, 0.15) is 26.3 Å². The third-order valence-electron chi connectivity index (χ3n) is 3.81. The molecule has 1 amide bonds. The molecule has 0 aliphatic carbocycles. The lowest BCUT2D eigenvalue weighted by atomic mass is 9.87. The lowest BCUT2D eigenvalue weighted by Crippen LogP contribution is -2.59. The van der Waals surface area contributed by atoms with Gasteiger partial charge in [0.1, 0.15) is 10.5 Å². The Balaban J connectivity index is 1.81. The molecule has 0 spiro atoms. The number of nitrogens with zero attached hydrogens (tertiary/aromatic N) is 1. The van der Waals surface area contributed by atoms with Gasteiger partial charge in [0.2, 0.25) is 0 Å². The van der Waals surface area contributed by atoms with E-state index in [9.17, 15) is 4.79 Å². The van der Waals surface area contributed by atoms with Gasteiger partial charge in [-0.15, -0.1) is 11.6 Å². The van der Waals surface area contributed by atoms with Crippen molar-refractivity contribution in [1.29, 1.82) is 0 Å². The summed E-state index contributed by atoms with van der Waals surface area (Å²) in [5.41, 5.74) is 0.591. The number of amides is 1. The molecular weight excluding hydrogens is 298 g/mol. The van der Waals surface area contributed by atoms with Crippen LogP contribution in [0.15, 0.2) is 42.5 Å². The van der Waals surface area contributed by atoms with Crippen LogP contribution in [0, 0.1) is 0 Å². The van der Waals surface area contributed by atoms with Crippen LogP contribution < -0.4 is 0 Å². The Morgan fingerprint density at radius 3 is 2.45 bits per heavy atom. The van der Waals surface area contributed by atoms with Gasteiger partial charge < -0.3 is 9.64 Å².